The first kappa shape index (κ1) is 14.1. The van der Waals surface area contributed by atoms with Gasteiger partial charge in [0.25, 0.3) is 0 Å². The highest BCUT2D eigenvalue weighted by atomic mass is 16.5. The Hall–Kier alpha value is -1.88. The Bertz CT molecular complexity index is 536. The number of amides is 1. The number of nitrogens with zero attached hydrogens (tertiary/aromatic N) is 1. The summed E-state index contributed by atoms with van der Waals surface area (Å²) in [5.41, 5.74) is 0.703. The van der Waals surface area contributed by atoms with Crippen LogP contribution in [0.25, 0.3) is 0 Å². The summed E-state index contributed by atoms with van der Waals surface area (Å²) in [6.07, 6.45) is 0.730. The van der Waals surface area contributed by atoms with Crippen LogP contribution in [0.5, 0.6) is 0 Å². The molecule has 3 rings (SSSR count). The standard InChI is InChI=1S/C16H19NO4/c1-20-16(13-5-3-2-4-6-13)10-17(11-16)14(18)7-12-8-15(19)21-9-12/h2-6,12H,7-11H2,1H3. The monoisotopic (exact) mass is 289 g/mol. The van der Waals surface area contributed by atoms with Gasteiger partial charge < -0.3 is 14.4 Å². The molecule has 2 aliphatic rings. The fraction of sp³-hybridized carbons (Fsp3) is 0.500. The van der Waals surface area contributed by atoms with E-state index in [1.165, 1.54) is 0 Å². The summed E-state index contributed by atoms with van der Waals surface area (Å²) in [4.78, 5) is 25.1. The molecule has 1 aromatic rings. The van der Waals surface area contributed by atoms with Gasteiger partial charge in [0, 0.05) is 19.4 Å². The minimum atomic E-state index is -0.390. The van der Waals surface area contributed by atoms with E-state index in [1.54, 1.807) is 12.0 Å². The second-order valence-electron chi connectivity index (χ2n) is 5.77. The average Bonchev–Trinajstić information content (AvgIpc) is 2.85. The summed E-state index contributed by atoms with van der Waals surface area (Å²) in [7, 11) is 1.68. The Morgan fingerprint density at radius 2 is 2.10 bits per heavy atom. The molecule has 0 spiro atoms. The minimum absolute atomic E-state index is 0.0271. The molecule has 5 heteroatoms. The molecule has 1 aromatic carbocycles. The third-order valence-electron chi connectivity index (χ3n) is 4.33. The van der Waals surface area contributed by atoms with Crippen molar-refractivity contribution in [1.29, 1.82) is 0 Å². The number of carbonyl (C=O) groups excluding carboxylic acids is 2. The molecule has 2 aliphatic heterocycles. The van der Waals surface area contributed by atoms with Gasteiger partial charge in [0.2, 0.25) is 5.91 Å². The van der Waals surface area contributed by atoms with E-state index in [4.69, 9.17) is 9.47 Å². The molecular weight excluding hydrogens is 270 g/mol. The van der Waals surface area contributed by atoms with Gasteiger partial charge in [-0.1, -0.05) is 30.3 Å². The molecule has 21 heavy (non-hydrogen) atoms. The van der Waals surface area contributed by atoms with E-state index in [-0.39, 0.29) is 23.4 Å². The lowest BCUT2D eigenvalue weighted by Gasteiger charge is -2.49. The first-order chi connectivity index (χ1) is 10.1. The summed E-state index contributed by atoms with van der Waals surface area (Å²) in [6.45, 7) is 1.49. The molecule has 0 aromatic heterocycles. The first-order valence-corrected chi connectivity index (χ1v) is 7.17. The van der Waals surface area contributed by atoms with E-state index >= 15 is 0 Å². The summed E-state index contributed by atoms with van der Waals surface area (Å²) in [5.74, 6) is -0.104. The van der Waals surface area contributed by atoms with Crippen LogP contribution in [0.1, 0.15) is 18.4 Å². The zero-order valence-electron chi connectivity index (χ0n) is 12.1. The number of methoxy groups -OCH3 is 1. The molecular formula is C16H19NO4. The van der Waals surface area contributed by atoms with Crippen molar-refractivity contribution in [1.82, 2.24) is 4.90 Å². The molecule has 0 saturated carbocycles. The maximum Gasteiger partial charge on any atom is 0.306 e. The van der Waals surface area contributed by atoms with Crippen LogP contribution in [0, 0.1) is 5.92 Å². The first-order valence-electron chi connectivity index (χ1n) is 7.17. The van der Waals surface area contributed by atoms with E-state index in [0.717, 1.165) is 5.56 Å². The molecule has 1 unspecified atom stereocenters. The average molecular weight is 289 g/mol. The van der Waals surface area contributed by atoms with Gasteiger partial charge in [0.1, 0.15) is 5.60 Å². The van der Waals surface area contributed by atoms with E-state index < -0.39 is 0 Å². The van der Waals surface area contributed by atoms with Crippen molar-refractivity contribution >= 4 is 11.9 Å². The maximum atomic E-state index is 12.2. The Morgan fingerprint density at radius 1 is 1.38 bits per heavy atom. The number of carbonyl (C=O) groups is 2. The van der Waals surface area contributed by atoms with Gasteiger partial charge in [-0.2, -0.15) is 0 Å². The Labute approximate surface area is 123 Å². The summed E-state index contributed by atoms with van der Waals surface area (Å²) in [5, 5.41) is 0. The van der Waals surface area contributed by atoms with Crippen molar-refractivity contribution in [3.8, 4) is 0 Å². The van der Waals surface area contributed by atoms with E-state index in [9.17, 15) is 9.59 Å². The normalized spacial score (nSPS) is 23.6. The SMILES string of the molecule is COC1(c2ccccc2)CN(C(=O)CC2COC(=O)C2)C1. The van der Waals surface area contributed by atoms with E-state index in [0.29, 0.717) is 32.5 Å². The number of rotatable bonds is 4. The van der Waals surface area contributed by atoms with Gasteiger partial charge in [-0.05, 0) is 5.56 Å². The van der Waals surface area contributed by atoms with Crippen molar-refractivity contribution in [2.75, 3.05) is 26.8 Å². The number of esters is 1. The molecule has 5 nitrogen and oxygen atoms in total. The number of hydrogen-bond donors (Lipinski definition) is 0. The van der Waals surface area contributed by atoms with Crippen LogP contribution in [0.3, 0.4) is 0 Å². The quantitative estimate of drug-likeness (QED) is 0.785. The fourth-order valence-corrected chi connectivity index (χ4v) is 2.99. The highest BCUT2D eigenvalue weighted by Gasteiger charge is 2.47. The van der Waals surface area contributed by atoms with Crippen LogP contribution in [0.2, 0.25) is 0 Å². The molecule has 2 fully saturated rings. The van der Waals surface area contributed by atoms with Crippen molar-refractivity contribution < 1.29 is 19.1 Å². The maximum absolute atomic E-state index is 12.2. The Balaban J connectivity index is 1.59. The zero-order valence-corrected chi connectivity index (χ0v) is 12.1. The number of ether oxygens (including phenoxy) is 2. The van der Waals surface area contributed by atoms with Gasteiger partial charge in [0.15, 0.2) is 0 Å². The highest BCUT2D eigenvalue weighted by Crippen LogP contribution is 2.36. The highest BCUT2D eigenvalue weighted by molar-refractivity contribution is 5.79. The fourth-order valence-electron chi connectivity index (χ4n) is 2.99. The van der Waals surface area contributed by atoms with Crippen molar-refractivity contribution in [3.05, 3.63) is 35.9 Å². The lowest BCUT2D eigenvalue weighted by Crippen LogP contribution is -2.62. The van der Waals surface area contributed by atoms with E-state index in [2.05, 4.69) is 0 Å². The third-order valence-corrected chi connectivity index (χ3v) is 4.33. The van der Waals surface area contributed by atoms with Gasteiger partial charge in [-0.3, -0.25) is 9.59 Å². The lowest BCUT2D eigenvalue weighted by molar-refractivity contribution is -0.165. The van der Waals surface area contributed by atoms with Crippen LogP contribution < -0.4 is 0 Å². The molecule has 0 bridgehead atoms. The largest absolute Gasteiger partial charge is 0.465 e. The second-order valence-corrected chi connectivity index (χ2v) is 5.77. The van der Waals surface area contributed by atoms with Crippen molar-refractivity contribution in [2.24, 2.45) is 5.92 Å². The van der Waals surface area contributed by atoms with Gasteiger partial charge in [0.05, 0.1) is 26.1 Å². The van der Waals surface area contributed by atoms with Crippen LogP contribution >= 0.6 is 0 Å². The Morgan fingerprint density at radius 3 is 2.67 bits per heavy atom. The number of cyclic esters (lactones) is 1. The second kappa shape index (κ2) is 5.48. The van der Waals surface area contributed by atoms with Gasteiger partial charge in [-0.25, -0.2) is 0 Å². The molecule has 1 amide bonds. The Kier molecular flexibility index (Phi) is 3.68. The van der Waals surface area contributed by atoms with Gasteiger partial charge in [-0.15, -0.1) is 0 Å². The van der Waals surface area contributed by atoms with Crippen LogP contribution in [-0.2, 0) is 24.7 Å². The molecule has 112 valence electrons. The molecule has 0 aliphatic carbocycles. The third kappa shape index (κ3) is 2.65. The minimum Gasteiger partial charge on any atom is -0.465 e. The zero-order chi connectivity index (χ0) is 14.9. The summed E-state index contributed by atoms with van der Waals surface area (Å²) in [6, 6.07) is 9.96. The van der Waals surface area contributed by atoms with Crippen LogP contribution in [-0.4, -0.2) is 43.6 Å². The number of benzene rings is 1. The predicted molar refractivity (Wildman–Crippen MR) is 75.4 cm³/mol. The van der Waals surface area contributed by atoms with E-state index in [1.807, 2.05) is 30.3 Å². The molecule has 2 heterocycles. The molecule has 1 atom stereocenters. The number of hydrogen-bond acceptors (Lipinski definition) is 4. The predicted octanol–water partition coefficient (Wildman–Crippen LogP) is 1.32. The van der Waals surface area contributed by atoms with Crippen molar-refractivity contribution in [2.45, 2.75) is 18.4 Å². The molecule has 2 saturated heterocycles. The van der Waals surface area contributed by atoms with Crippen LogP contribution in [0.4, 0.5) is 0 Å². The smallest absolute Gasteiger partial charge is 0.306 e. The molecule has 0 N–H and O–H groups in total. The van der Waals surface area contributed by atoms with Gasteiger partial charge >= 0.3 is 5.97 Å². The summed E-state index contributed by atoms with van der Waals surface area (Å²) < 4.78 is 10.5. The number of likely N-dealkylation sites (tertiary alicyclic amines) is 1. The van der Waals surface area contributed by atoms with Crippen LogP contribution in [0.15, 0.2) is 30.3 Å². The van der Waals surface area contributed by atoms with Crippen molar-refractivity contribution in [3.63, 3.8) is 0 Å². The lowest BCUT2D eigenvalue weighted by atomic mass is 9.85. The summed E-state index contributed by atoms with van der Waals surface area (Å²) >= 11 is 0. The molecule has 0 radical (unpaired) electrons. The topological polar surface area (TPSA) is 55.8 Å².